The topological polar surface area (TPSA) is 24.5 Å². The molecule has 0 radical (unpaired) electrons. The summed E-state index contributed by atoms with van der Waals surface area (Å²) in [6.07, 6.45) is 8.83. The van der Waals surface area contributed by atoms with E-state index in [0.717, 1.165) is 12.1 Å². The molecule has 3 aliphatic heterocycles. The first-order valence-electron chi connectivity index (χ1n) is 7.88. The molecule has 3 saturated heterocycles. The molecule has 0 aromatic carbocycles. The molecule has 0 amide bonds. The van der Waals surface area contributed by atoms with Gasteiger partial charge in [-0.25, -0.2) is 0 Å². The monoisotopic (exact) mass is 252 g/mol. The van der Waals surface area contributed by atoms with Gasteiger partial charge in [0.25, 0.3) is 0 Å². The van der Waals surface area contributed by atoms with Crippen LogP contribution in [0, 0.1) is 0 Å². The van der Waals surface area contributed by atoms with Crippen LogP contribution in [-0.4, -0.2) is 48.3 Å². The second kappa shape index (κ2) is 5.48. The van der Waals surface area contributed by atoms with Gasteiger partial charge in [0.05, 0.1) is 12.2 Å². The van der Waals surface area contributed by atoms with Crippen molar-refractivity contribution in [3.05, 3.63) is 0 Å². The highest BCUT2D eigenvalue weighted by molar-refractivity contribution is 4.96. The summed E-state index contributed by atoms with van der Waals surface area (Å²) < 4.78 is 5.84. The van der Waals surface area contributed by atoms with Crippen LogP contribution < -0.4 is 5.32 Å². The largest absolute Gasteiger partial charge is 0.375 e. The van der Waals surface area contributed by atoms with Crippen molar-refractivity contribution in [3.8, 4) is 0 Å². The average molecular weight is 252 g/mol. The number of fused-ring (bicyclic) bond motifs is 1. The van der Waals surface area contributed by atoms with E-state index in [4.69, 9.17) is 4.74 Å². The van der Waals surface area contributed by atoms with Crippen molar-refractivity contribution >= 4 is 0 Å². The van der Waals surface area contributed by atoms with Crippen LogP contribution in [-0.2, 0) is 4.74 Å². The second-order valence-electron chi connectivity index (χ2n) is 6.59. The van der Waals surface area contributed by atoms with Crippen molar-refractivity contribution in [2.24, 2.45) is 0 Å². The molecule has 104 valence electrons. The van der Waals surface area contributed by atoms with Crippen LogP contribution in [0.5, 0.6) is 0 Å². The molecule has 3 aliphatic rings. The quantitative estimate of drug-likeness (QED) is 0.815. The van der Waals surface area contributed by atoms with E-state index in [9.17, 15) is 0 Å². The number of hydrogen-bond donors (Lipinski definition) is 1. The Balaban J connectivity index is 1.56. The zero-order valence-corrected chi connectivity index (χ0v) is 11.9. The van der Waals surface area contributed by atoms with Crippen molar-refractivity contribution in [2.75, 3.05) is 13.1 Å². The van der Waals surface area contributed by atoms with Crippen molar-refractivity contribution in [1.82, 2.24) is 10.2 Å². The van der Waals surface area contributed by atoms with Gasteiger partial charge in [0.1, 0.15) is 0 Å². The lowest BCUT2D eigenvalue weighted by Gasteiger charge is -2.38. The maximum atomic E-state index is 5.84. The van der Waals surface area contributed by atoms with Crippen LogP contribution in [0.15, 0.2) is 0 Å². The average Bonchev–Trinajstić information content (AvgIpc) is 2.72. The molecule has 4 unspecified atom stereocenters. The Morgan fingerprint density at radius 2 is 1.78 bits per heavy atom. The van der Waals surface area contributed by atoms with E-state index in [0.29, 0.717) is 18.2 Å². The molecular formula is C15H28N2O. The molecule has 3 fully saturated rings. The molecule has 0 aromatic rings. The van der Waals surface area contributed by atoms with Gasteiger partial charge in [-0.05, 0) is 52.5 Å². The Morgan fingerprint density at radius 1 is 1.00 bits per heavy atom. The molecule has 0 aromatic heterocycles. The Kier molecular flexibility index (Phi) is 3.92. The molecule has 3 rings (SSSR count). The maximum Gasteiger partial charge on any atom is 0.0565 e. The Hall–Kier alpha value is -0.120. The van der Waals surface area contributed by atoms with E-state index >= 15 is 0 Å². The van der Waals surface area contributed by atoms with E-state index in [2.05, 4.69) is 24.1 Å². The highest BCUT2D eigenvalue weighted by Crippen LogP contribution is 2.29. The van der Waals surface area contributed by atoms with Crippen LogP contribution in [0.4, 0.5) is 0 Å². The maximum absolute atomic E-state index is 5.84. The van der Waals surface area contributed by atoms with Gasteiger partial charge < -0.3 is 10.1 Å². The first kappa shape index (κ1) is 12.9. The fourth-order valence-electron chi connectivity index (χ4n) is 4.29. The fraction of sp³-hybridized carbons (Fsp3) is 1.00. The highest BCUT2D eigenvalue weighted by Gasteiger charge is 2.37. The lowest BCUT2D eigenvalue weighted by atomic mass is 9.95. The molecule has 0 bridgehead atoms. The Labute approximate surface area is 111 Å². The van der Waals surface area contributed by atoms with Crippen LogP contribution >= 0.6 is 0 Å². The Bertz CT molecular complexity index is 274. The van der Waals surface area contributed by atoms with E-state index < -0.39 is 0 Å². The van der Waals surface area contributed by atoms with Crippen LogP contribution in [0.25, 0.3) is 0 Å². The van der Waals surface area contributed by atoms with E-state index in [1.165, 1.54) is 51.6 Å². The van der Waals surface area contributed by atoms with Gasteiger partial charge in [-0.2, -0.15) is 0 Å². The van der Waals surface area contributed by atoms with Gasteiger partial charge in [-0.3, -0.25) is 4.90 Å². The number of hydrogen-bond acceptors (Lipinski definition) is 3. The smallest absolute Gasteiger partial charge is 0.0565 e. The summed E-state index contributed by atoms with van der Waals surface area (Å²) in [4.78, 5) is 2.72. The predicted molar refractivity (Wildman–Crippen MR) is 73.8 cm³/mol. The fourth-order valence-corrected chi connectivity index (χ4v) is 4.29. The van der Waals surface area contributed by atoms with Gasteiger partial charge in [-0.1, -0.05) is 6.42 Å². The summed E-state index contributed by atoms with van der Waals surface area (Å²) in [7, 11) is 0. The first-order chi connectivity index (χ1) is 8.72. The molecule has 1 N–H and O–H groups in total. The molecule has 3 heteroatoms. The normalized spacial score (nSPS) is 46.0. The highest BCUT2D eigenvalue weighted by atomic mass is 16.5. The summed E-state index contributed by atoms with van der Waals surface area (Å²) in [6, 6.07) is 2.25. The van der Waals surface area contributed by atoms with Crippen molar-refractivity contribution in [2.45, 2.75) is 82.7 Å². The minimum atomic E-state index is 0.426. The minimum Gasteiger partial charge on any atom is -0.375 e. The van der Waals surface area contributed by atoms with E-state index in [-0.39, 0.29) is 0 Å². The third-order valence-electron chi connectivity index (χ3n) is 5.00. The predicted octanol–water partition coefficient (Wildman–Crippen LogP) is 2.16. The van der Waals surface area contributed by atoms with E-state index in [1.54, 1.807) is 0 Å². The molecule has 18 heavy (non-hydrogen) atoms. The summed E-state index contributed by atoms with van der Waals surface area (Å²) in [5, 5.41) is 3.96. The SMILES string of the molecule is CC1CC(NC2CCN3CCCCC23)CC(C)O1. The molecular weight excluding hydrogens is 224 g/mol. The number of nitrogens with zero attached hydrogens (tertiary/aromatic N) is 1. The number of piperidine rings is 1. The molecule has 4 atom stereocenters. The standard InChI is InChI=1S/C15H28N2O/c1-11-9-13(10-12(2)18-11)16-14-6-8-17-7-4-3-5-15(14)17/h11-16H,3-10H2,1-2H3. The third-order valence-corrected chi connectivity index (χ3v) is 5.00. The first-order valence-corrected chi connectivity index (χ1v) is 7.88. The van der Waals surface area contributed by atoms with Crippen LogP contribution in [0.3, 0.4) is 0 Å². The summed E-state index contributed by atoms with van der Waals surface area (Å²) in [5.41, 5.74) is 0. The van der Waals surface area contributed by atoms with Crippen molar-refractivity contribution in [1.29, 1.82) is 0 Å². The number of nitrogens with one attached hydrogen (secondary N) is 1. The van der Waals surface area contributed by atoms with Crippen molar-refractivity contribution in [3.63, 3.8) is 0 Å². The van der Waals surface area contributed by atoms with Crippen molar-refractivity contribution < 1.29 is 4.74 Å². The Morgan fingerprint density at radius 3 is 2.56 bits per heavy atom. The van der Waals surface area contributed by atoms with Gasteiger partial charge >= 0.3 is 0 Å². The number of rotatable bonds is 2. The summed E-state index contributed by atoms with van der Waals surface area (Å²) >= 11 is 0. The minimum absolute atomic E-state index is 0.426. The zero-order chi connectivity index (χ0) is 12.5. The lowest BCUT2D eigenvalue weighted by molar-refractivity contribution is -0.0442. The molecule has 0 saturated carbocycles. The second-order valence-corrected chi connectivity index (χ2v) is 6.59. The summed E-state index contributed by atoms with van der Waals surface area (Å²) in [6.45, 7) is 7.08. The lowest BCUT2D eigenvalue weighted by Crippen LogP contribution is -2.51. The van der Waals surface area contributed by atoms with Crippen LogP contribution in [0.2, 0.25) is 0 Å². The zero-order valence-electron chi connectivity index (χ0n) is 11.9. The van der Waals surface area contributed by atoms with Gasteiger partial charge in [-0.15, -0.1) is 0 Å². The molecule has 3 heterocycles. The third kappa shape index (κ3) is 2.73. The molecule has 0 aliphatic carbocycles. The number of ether oxygens (including phenoxy) is 1. The van der Waals surface area contributed by atoms with Gasteiger partial charge in [0.15, 0.2) is 0 Å². The molecule has 0 spiro atoms. The van der Waals surface area contributed by atoms with Gasteiger partial charge in [0, 0.05) is 24.7 Å². The van der Waals surface area contributed by atoms with E-state index in [1.807, 2.05) is 0 Å². The van der Waals surface area contributed by atoms with Crippen LogP contribution in [0.1, 0.15) is 52.4 Å². The molecule has 3 nitrogen and oxygen atoms in total. The summed E-state index contributed by atoms with van der Waals surface area (Å²) in [5.74, 6) is 0. The van der Waals surface area contributed by atoms with Gasteiger partial charge in [0.2, 0.25) is 0 Å².